The maximum absolute atomic E-state index is 11.9. The van der Waals surface area contributed by atoms with Crippen molar-refractivity contribution in [1.82, 2.24) is 10.2 Å². The number of rotatable bonds is 4. The third-order valence-corrected chi connectivity index (χ3v) is 3.39. The number of likely N-dealkylation sites (N-methyl/N-ethyl adjacent to an activating group) is 1. The second-order valence-corrected chi connectivity index (χ2v) is 5.97. The van der Waals surface area contributed by atoms with Gasteiger partial charge in [-0.05, 0) is 12.0 Å². The Labute approximate surface area is 110 Å². The molecule has 1 aliphatic heterocycles. The minimum Gasteiger partial charge on any atom is -0.374 e. The van der Waals surface area contributed by atoms with Gasteiger partial charge in [-0.3, -0.25) is 9.69 Å². The first-order valence-corrected chi connectivity index (χ1v) is 6.72. The summed E-state index contributed by atoms with van der Waals surface area (Å²) in [5.41, 5.74) is 5.68. The summed E-state index contributed by atoms with van der Waals surface area (Å²) in [6, 6.07) is -0.483. The largest absolute Gasteiger partial charge is 0.374 e. The Morgan fingerprint density at radius 3 is 2.78 bits per heavy atom. The van der Waals surface area contributed by atoms with Crippen LogP contribution in [0, 0.1) is 5.41 Å². The van der Waals surface area contributed by atoms with Crippen LogP contribution >= 0.6 is 0 Å². The zero-order valence-corrected chi connectivity index (χ0v) is 12.0. The third-order valence-electron chi connectivity index (χ3n) is 3.39. The third kappa shape index (κ3) is 4.55. The minimum atomic E-state index is -0.483. The van der Waals surface area contributed by atoms with Gasteiger partial charge in [-0.1, -0.05) is 27.7 Å². The van der Waals surface area contributed by atoms with Gasteiger partial charge in [0, 0.05) is 19.6 Å². The van der Waals surface area contributed by atoms with Crippen LogP contribution in [0.3, 0.4) is 0 Å². The summed E-state index contributed by atoms with van der Waals surface area (Å²) in [5.74, 6) is -0.0975. The highest BCUT2D eigenvalue weighted by Gasteiger charge is 2.28. The van der Waals surface area contributed by atoms with Crippen LogP contribution in [0.15, 0.2) is 0 Å². The fourth-order valence-corrected chi connectivity index (χ4v) is 1.91. The fraction of sp³-hybridized carbons (Fsp3) is 0.923. The van der Waals surface area contributed by atoms with E-state index in [0.717, 1.165) is 26.2 Å². The number of hydrogen-bond donors (Lipinski definition) is 2. The molecule has 1 saturated heterocycles. The summed E-state index contributed by atoms with van der Waals surface area (Å²) in [4.78, 5) is 14.2. The molecule has 0 aromatic carbocycles. The number of carbonyl (C=O) groups excluding carboxylic acids is 1. The lowest BCUT2D eigenvalue weighted by atomic mass is 9.87. The molecule has 0 saturated carbocycles. The molecule has 1 amide bonds. The van der Waals surface area contributed by atoms with Crippen LogP contribution in [-0.2, 0) is 9.53 Å². The van der Waals surface area contributed by atoms with E-state index in [2.05, 4.69) is 17.1 Å². The summed E-state index contributed by atoms with van der Waals surface area (Å²) >= 11 is 0. The Bertz CT molecular complexity index is 276. The van der Waals surface area contributed by atoms with Gasteiger partial charge in [-0.15, -0.1) is 0 Å². The number of hydrogen-bond acceptors (Lipinski definition) is 4. The van der Waals surface area contributed by atoms with Crippen molar-refractivity contribution in [2.45, 2.75) is 39.8 Å². The Morgan fingerprint density at radius 2 is 2.22 bits per heavy atom. The van der Waals surface area contributed by atoms with Crippen LogP contribution in [-0.4, -0.2) is 55.7 Å². The van der Waals surface area contributed by atoms with Crippen molar-refractivity contribution in [1.29, 1.82) is 0 Å². The Hall–Kier alpha value is -0.650. The topological polar surface area (TPSA) is 67.6 Å². The van der Waals surface area contributed by atoms with E-state index in [1.54, 1.807) is 0 Å². The lowest BCUT2D eigenvalue weighted by Crippen LogP contribution is -2.52. The zero-order valence-electron chi connectivity index (χ0n) is 12.0. The van der Waals surface area contributed by atoms with Crippen LogP contribution < -0.4 is 11.1 Å². The summed E-state index contributed by atoms with van der Waals surface area (Å²) in [5, 5.41) is 2.89. The maximum Gasteiger partial charge on any atom is 0.237 e. The summed E-state index contributed by atoms with van der Waals surface area (Å²) in [6.07, 6.45) is 0.0785. The van der Waals surface area contributed by atoms with Gasteiger partial charge >= 0.3 is 0 Å². The molecule has 1 heterocycles. The van der Waals surface area contributed by atoms with Crippen LogP contribution in [0.1, 0.15) is 27.7 Å². The van der Waals surface area contributed by atoms with E-state index in [4.69, 9.17) is 10.5 Å². The molecule has 0 bridgehead atoms. The smallest absolute Gasteiger partial charge is 0.237 e. The summed E-state index contributed by atoms with van der Waals surface area (Å²) in [6.45, 7) is 12.2. The predicted octanol–water partition coefficient (Wildman–Crippen LogP) is 0.197. The highest BCUT2D eigenvalue weighted by Crippen LogP contribution is 2.17. The molecular formula is C13H27N3O2. The SMILES string of the molecule is CCN1CCOC(CNC(=O)C(N)C(C)(C)C)C1. The maximum atomic E-state index is 11.9. The number of ether oxygens (including phenoxy) is 1. The van der Waals surface area contributed by atoms with Crippen molar-refractivity contribution in [3.63, 3.8) is 0 Å². The molecule has 0 aromatic rings. The highest BCUT2D eigenvalue weighted by molar-refractivity contribution is 5.82. The number of nitrogens with zero attached hydrogens (tertiary/aromatic N) is 1. The van der Waals surface area contributed by atoms with E-state index in [-0.39, 0.29) is 17.4 Å². The Kier molecular flexibility index (Phi) is 5.56. The molecular weight excluding hydrogens is 230 g/mol. The predicted molar refractivity (Wildman–Crippen MR) is 72.3 cm³/mol. The quantitative estimate of drug-likeness (QED) is 0.755. The Morgan fingerprint density at radius 1 is 1.56 bits per heavy atom. The van der Waals surface area contributed by atoms with Gasteiger partial charge < -0.3 is 15.8 Å². The van der Waals surface area contributed by atoms with Gasteiger partial charge in [0.25, 0.3) is 0 Å². The lowest BCUT2D eigenvalue weighted by molar-refractivity contribution is -0.125. The first-order chi connectivity index (χ1) is 8.34. The number of morpholine rings is 1. The molecule has 5 nitrogen and oxygen atoms in total. The van der Waals surface area contributed by atoms with Crippen molar-refractivity contribution >= 4 is 5.91 Å². The van der Waals surface area contributed by atoms with E-state index in [1.165, 1.54) is 0 Å². The van der Waals surface area contributed by atoms with Crippen LogP contribution in [0.5, 0.6) is 0 Å². The van der Waals surface area contributed by atoms with Crippen molar-refractivity contribution in [2.24, 2.45) is 11.1 Å². The highest BCUT2D eigenvalue weighted by atomic mass is 16.5. The Balaban J connectivity index is 2.34. The van der Waals surface area contributed by atoms with E-state index in [9.17, 15) is 4.79 Å². The molecule has 18 heavy (non-hydrogen) atoms. The van der Waals surface area contributed by atoms with Gasteiger partial charge in [-0.25, -0.2) is 0 Å². The summed E-state index contributed by atoms with van der Waals surface area (Å²) < 4.78 is 5.63. The summed E-state index contributed by atoms with van der Waals surface area (Å²) in [7, 11) is 0. The van der Waals surface area contributed by atoms with E-state index in [1.807, 2.05) is 20.8 Å². The normalized spacial score (nSPS) is 23.7. The second-order valence-electron chi connectivity index (χ2n) is 5.97. The number of nitrogens with one attached hydrogen (secondary N) is 1. The van der Waals surface area contributed by atoms with Crippen LogP contribution in [0.4, 0.5) is 0 Å². The molecule has 106 valence electrons. The average molecular weight is 257 g/mol. The molecule has 1 fully saturated rings. The van der Waals surface area contributed by atoms with Gasteiger partial charge in [-0.2, -0.15) is 0 Å². The van der Waals surface area contributed by atoms with Crippen molar-refractivity contribution in [3.05, 3.63) is 0 Å². The molecule has 3 N–H and O–H groups in total. The molecule has 0 aromatic heterocycles. The fourth-order valence-electron chi connectivity index (χ4n) is 1.91. The van der Waals surface area contributed by atoms with Gasteiger partial charge in [0.05, 0.1) is 18.8 Å². The van der Waals surface area contributed by atoms with Gasteiger partial charge in [0.15, 0.2) is 0 Å². The van der Waals surface area contributed by atoms with Gasteiger partial charge in [0.2, 0.25) is 5.91 Å². The standard InChI is InChI=1S/C13H27N3O2/c1-5-16-6-7-18-10(9-16)8-15-12(17)11(14)13(2,3)4/h10-11H,5-9,14H2,1-4H3,(H,15,17). The molecule has 0 aliphatic carbocycles. The van der Waals surface area contributed by atoms with Gasteiger partial charge in [0.1, 0.15) is 0 Å². The van der Waals surface area contributed by atoms with E-state index < -0.39 is 6.04 Å². The molecule has 0 spiro atoms. The minimum absolute atomic E-state index is 0.0785. The van der Waals surface area contributed by atoms with Crippen molar-refractivity contribution < 1.29 is 9.53 Å². The molecule has 2 atom stereocenters. The molecule has 0 radical (unpaired) electrons. The lowest BCUT2D eigenvalue weighted by Gasteiger charge is -2.33. The molecule has 1 aliphatic rings. The first-order valence-electron chi connectivity index (χ1n) is 6.72. The van der Waals surface area contributed by atoms with E-state index in [0.29, 0.717) is 6.54 Å². The average Bonchev–Trinajstić information content (AvgIpc) is 2.34. The van der Waals surface area contributed by atoms with Crippen molar-refractivity contribution in [3.8, 4) is 0 Å². The molecule has 2 unspecified atom stereocenters. The first kappa shape index (κ1) is 15.4. The number of carbonyl (C=O) groups is 1. The molecule has 1 rings (SSSR count). The number of amides is 1. The number of nitrogens with two attached hydrogens (primary N) is 1. The monoisotopic (exact) mass is 257 g/mol. The zero-order chi connectivity index (χ0) is 13.8. The van der Waals surface area contributed by atoms with E-state index >= 15 is 0 Å². The van der Waals surface area contributed by atoms with Crippen molar-refractivity contribution in [2.75, 3.05) is 32.8 Å². The second kappa shape index (κ2) is 6.50. The molecule has 5 heteroatoms. The van der Waals surface area contributed by atoms with Crippen LogP contribution in [0.2, 0.25) is 0 Å². The van der Waals surface area contributed by atoms with Crippen LogP contribution in [0.25, 0.3) is 0 Å².